The molecule has 2 aliphatic rings. The Bertz CT molecular complexity index is 177. The second-order valence-electron chi connectivity index (χ2n) is 4.47. The first kappa shape index (κ1) is 11.3. The van der Waals surface area contributed by atoms with Gasteiger partial charge in [-0.2, -0.15) is 0 Å². The number of ether oxygens (including phenoxy) is 2. The zero-order valence-corrected chi connectivity index (χ0v) is 9.58. The Morgan fingerprint density at radius 2 is 2.07 bits per heavy atom. The van der Waals surface area contributed by atoms with Crippen LogP contribution in [0.5, 0.6) is 0 Å². The van der Waals surface area contributed by atoms with Gasteiger partial charge in [0.25, 0.3) is 0 Å². The highest BCUT2D eigenvalue weighted by Gasteiger charge is 2.19. The van der Waals surface area contributed by atoms with Crippen molar-refractivity contribution in [1.82, 2.24) is 10.2 Å². The SMILES string of the molecule is CC(CNC1CCOC1)N1CCOCC1. The third-order valence-electron chi connectivity index (χ3n) is 3.30. The Balaban J connectivity index is 1.64. The summed E-state index contributed by atoms with van der Waals surface area (Å²) in [5.41, 5.74) is 0. The van der Waals surface area contributed by atoms with Crippen molar-refractivity contribution in [3.05, 3.63) is 0 Å². The molecule has 0 aliphatic carbocycles. The summed E-state index contributed by atoms with van der Waals surface area (Å²) in [4.78, 5) is 2.49. The minimum atomic E-state index is 0.577. The van der Waals surface area contributed by atoms with Crippen LogP contribution in [0.25, 0.3) is 0 Å². The predicted molar refractivity (Wildman–Crippen MR) is 59.1 cm³/mol. The minimum absolute atomic E-state index is 0.577. The van der Waals surface area contributed by atoms with Crippen molar-refractivity contribution >= 4 is 0 Å². The monoisotopic (exact) mass is 214 g/mol. The standard InChI is InChI=1S/C11H22N2O2/c1-10(13-3-6-14-7-4-13)8-12-11-2-5-15-9-11/h10-12H,2-9H2,1H3. The maximum absolute atomic E-state index is 5.35. The molecule has 2 aliphatic heterocycles. The molecule has 0 aromatic rings. The highest BCUT2D eigenvalue weighted by molar-refractivity contribution is 4.77. The van der Waals surface area contributed by atoms with Crippen LogP contribution in [0.2, 0.25) is 0 Å². The van der Waals surface area contributed by atoms with Gasteiger partial charge in [-0.05, 0) is 13.3 Å². The summed E-state index contributed by atoms with van der Waals surface area (Å²) in [7, 11) is 0. The van der Waals surface area contributed by atoms with Crippen molar-refractivity contribution in [3.8, 4) is 0 Å². The number of morpholine rings is 1. The van der Waals surface area contributed by atoms with Crippen molar-refractivity contribution in [3.63, 3.8) is 0 Å². The van der Waals surface area contributed by atoms with Crippen LogP contribution in [0.1, 0.15) is 13.3 Å². The van der Waals surface area contributed by atoms with Crippen molar-refractivity contribution in [2.75, 3.05) is 46.1 Å². The lowest BCUT2D eigenvalue weighted by molar-refractivity contribution is 0.0198. The quantitative estimate of drug-likeness (QED) is 0.719. The fraction of sp³-hybridized carbons (Fsp3) is 1.00. The van der Waals surface area contributed by atoms with E-state index in [9.17, 15) is 0 Å². The molecule has 0 spiro atoms. The molecule has 0 aromatic heterocycles. The summed E-state index contributed by atoms with van der Waals surface area (Å²) in [5.74, 6) is 0. The molecular formula is C11H22N2O2. The van der Waals surface area contributed by atoms with E-state index in [1.54, 1.807) is 0 Å². The lowest BCUT2D eigenvalue weighted by Gasteiger charge is -2.32. The first-order valence-electron chi connectivity index (χ1n) is 5.99. The molecule has 0 amide bonds. The van der Waals surface area contributed by atoms with Crippen molar-refractivity contribution in [1.29, 1.82) is 0 Å². The molecule has 0 saturated carbocycles. The molecule has 4 heteroatoms. The van der Waals surface area contributed by atoms with Gasteiger partial charge in [-0.3, -0.25) is 4.90 Å². The molecule has 2 rings (SSSR count). The lowest BCUT2D eigenvalue weighted by Crippen LogP contribution is -2.48. The van der Waals surface area contributed by atoms with Crippen LogP contribution in [0.3, 0.4) is 0 Å². The van der Waals surface area contributed by atoms with E-state index in [4.69, 9.17) is 9.47 Å². The van der Waals surface area contributed by atoms with Crippen LogP contribution in [0.4, 0.5) is 0 Å². The molecule has 2 atom stereocenters. The fourth-order valence-corrected chi connectivity index (χ4v) is 2.18. The van der Waals surface area contributed by atoms with Crippen LogP contribution < -0.4 is 5.32 Å². The summed E-state index contributed by atoms with van der Waals surface area (Å²) in [6.45, 7) is 9.07. The van der Waals surface area contributed by atoms with Gasteiger partial charge in [-0.1, -0.05) is 0 Å². The maximum Gasteiger partial charge on any atom is 0.0620 e. The second-order valence-corrected chi connectivity index (χ2v) is 4.47. The van der Waals surface area contributed by atoms with Crippen molar-refractivity contribution < 1.29 is 9.47 Å². The van der Waals surface area contributed by atoms with E-state index >= 15 is 0 Å². The summed E-state index contributed by atoms with van der Waals surface area (Å²) < 4.78 is 10.7. The number of nitrogens with one attached hydrogen (secondary N) is 1. The van der Waals surface area contributed by atoms with Crippen LogP contribution in [0, 0.1) is 0 Å². The molecule has 1 N–H and O–H groups in total. The van der Waals surface area contributed by atoms with E-state index in [2.05, 4.69) is 17.1 Å². The molecule has 4 nitrogen and oxygen atoms in total. The van der Waals surface area contributed by atoms with Crippen LogP contribution in [-0.4, -0.2) is 63.0 Å². The number of rotatable bonds is 4. The molecule has 2 unspecified atom stereocenters. The highest BCUT2D eigenvalue weighted by atomic mass is 16.5. The number of hydrogen-bond acceptors (Lipinski definition) is 4. The molecule has 0 bridgehead atoms. The third kappa shape index (κ3) is 3.41. The van der Waals surface area contributed by atoms with E-state index in [-0.39, 0.29) is 0 Å². The van der Waals surface area contributed by atoms with Crippen LogP contribution in [-0.2, 0) is 9.47 Å². The summed E-state index contributed by atoms with van der Waals surface area (Å²) in [5, 5.41) is 3.57. The minimum Gasteiger partial charge on any atom is -0.380 e. The molecule has 2 saturated heterocycles. The molecule has 15 heavy (non-hydrogen) atoms. The van der Waals surface area contributed by atoms with E-state index in [0.29, 0.717) is 12.1 Å². The van der Waals surface area contributed by atoms with E-state index in [1.165, 1.54) is 0 Å². The van der Waals surface area contributed by atoms with Gasteiger partial charge >= 0.3 is 0 Å². The maximum atomic E-state index is 5.35. The summed E-state index contributed by atoms with van der Waals surface area (Å²) in [6, 6.07) is 1.18. The largest absolute Gasteiger partial charge is 0.380 e. The Morgan fingerprint density at radius 1 is 1.27 bits per heavy atom. The van der Waals surface area contributed by atoms with Gasteiger partial charge in [0.15, 0.2) is 0 Å². The molecule has 88 valence electrons. The third-order valence-corrected chi connectivity index (χ3v) is 3.30. The average Bonchev–Trinajstić information content (AvgIpc) is 2.80. The van der Waals surface area contributed by atoms with Crippen LogP contribution in [0.15, 0.2) is 0 Å². The fourth-order valence-electron chi connectivity index (χ4n) is 2.18. The Morgan fingerprint density at radius 3 is 2.73 bits per heavy atom. The molecule has 2 fully saturated rings. The van der Waals surface area contributed by atoms with Crippen molar-refractivity contribution in [2.24, 2.45) is 0 Å². The second kappa shape index (κ2) is 5.80. The average molecular weight is 214 g/mol. The summed E-state index contributed by atoms with van der Waals surface area (Å²) >= 11 is 0. The van der Waals surface area contributed by atoms with Gasteiger partial charge in [0.1, 0.15) is 0 Å². The van der Waals surface area contributed by atoms with Crippen molar-refractivity contribution in [2.45, 2.75) is 25.4 Å². The summed E-state index contributed by atoms with van der Waals surface area (Å²) in [6.07, 6.45) is 1.16. The lowest BCUT2D eigenvalue weighted by atomic mass is 10.2. The predicted octanol–water partition coefficient (Wildman–Crippen LogP) is 0.0856. The normalized spacial score (nSPS) is 30.6. The zero-order valence-electron chi connectivity index (χ0n) is 9.58. The molecular weight excluding hydrogens is 192 g/mol. The van der Waals surface area contributed by atoms with Gasteiger partial charge in [0.2, 0.25) is 0 Å². The van der Waals surface area contributed by atoms with E-state index in [1.807, 2.05) is 0 Å². The van der Waals surface area contributed by atoms with Gasteiger partial charge in [-0.15, -0.1) is 0 Å². The van der Waals surface area contributed by atoms with Gasteiger partial charge < -0.3 is 14.8 Å². The van der Waals surface area contributed by atoms with Gasteiger partial charge in [0, 0.05) is 38.3 Å². The van der Waals surface area contributed by atoms with Crippen LogP contribution >= 0.6 is 0 Å². The molecule has 0 aromatic carbocycles. The Labute approximate surface area is 91.9 Å². The zero-order chi connectivity index (χ0) is 10.5. The van der Waals surface area contributed by atoms with Gasteiger partial charge in [0.05, 0.1) is 19.8 Å². The topological polar surface area (TPSA) is 33.7 Å². The Hall–Kier alpha value is -0.160. The molecule has 2 heterocycles. The van der Waals surface area contributed by atoms with E-state index < -0.39 is 0 Å². The van der Waals surface area contributed by atoms with Gasteiger partial charge in [-0.25, -0.2) is 0 Å². The molecule has 0 radical (unpaired) electrons. The van der Waals surface area contributed by atoms with E-state index in [0.717, 1.165) is 52.5 Å². The first-order chi connectivity index (χ1) is 7.36. The number of hydrogen-bond donors (Lipinski definition) is 1. The Kier molecular flexibility index (Phi) is 4.38. The smallest absolute Gasteiger partial charge is 0.0620 e. The highest BCUT2D eigenvalue weighted by Crippen LogP contribution is 2.06. The number of nitrogens with zero attached hydrogens (tertiary/aromatic N) is 1. The first-order valence-corrected chi connectivity index (χ1v) is 5.99.